The Morgan fingerprint density at radius 2 is 1.67 bits per heavy atom. The van der Waals surface area contributed by atoms with Gasteiger partial charge in [0.1, 0.15) is 0 Å². The predicted molar refractivity (Wildman–Crippen MR) is 84.5 cm³/mol. The first-order chi connectivity index (χ1) is 9.97. The highest BCUT2D eigenvalue weighted by atomic mass is 16.4. The summed E-state index contributed by atoms with van der Waals surface area (Å²) in [6, 6.07) is 15.9. The fourth-order valence-electron chi connectivity index (χ4n) is 2.28. The van der Waals surface area contributed by atoms with Gasteiger partial charge in [-0.15, -0.1) is 0 Å². The van der Waals surface area contributed by atoms with E-state index < -0.39 is 5.97 Å². The van der Waals surface area contributed by atoms with Crippen LogP contribution in [-0.2, 0) is 6.54 Å². The molecule has 1 unspecified atom stereocenters. The number of carboxylic acids is 1. The molecule has 21 heavy (non-hydrogen) atoms. The summed E-state index contributed by atoms with van der Waals surface area (Å²) in [4.78, 5) is 13.1. The van der Waals surface area contributed by atoms with Gasteiger partial charge < -0.3 is 5.11 Å². The van der Waals surface area contributed by atoms with Crippen LogP contribution in [0.25, 0.3) is 0 Å². The van der Waals surface area contributed by atoms with E-state index >= 15 is 0 Å². The van der Waals surface area contributed by atoms with Gasteiger partial charge in [-0.25, -0.2) is 4.79 Å². The molecule has 0 saturated heterocycles. The van der Waals surface area contributed by atoms with Crippen molar-refractivity contribution in [2.75, 3.05) is 7.05 Å². The molecule has 0 aliphatic carbocycles. The van der Waals surface area contributed by atoms with E-state index in [-0.39, 0.29) is 0 Å². The van der Waals surface area contributed by atoms with Crippen LogP contribution in [0.15, 0.2) is 48.5 Å². The largest absolute Gasteiger partial charge is 0.478 e. The summed E-state index contributed by atoms with van der Waals surface area (Å²) in [6.07, 6.45) is 0. The van der Waals surface area contributed by atoms with Gasteiger partial charge >= 0.3 is 5.97 Å². The first-order valence-corrected chi connectivity index (χ1v) is 7.06. The summed E-state index contributed by atoms with van der Waals surface area (Å²) in [5, 5.41) is 8.91. The number of aromatic carboxylic acids is 1. The highest BCUT2D eigenvalue weighted by Crippen LogP contribution is 2.21. The summed E-state index contributed by atoms with van der Waals surface area (Å²) in [7, 11) is 2.08. The lowest BCUT2D eigenvalue weighted by atomic mass is 10.0. The average Bonchev–Trinajstić information content (AvgIpc) is 2.47. The van der Waals surface area contributed by atoms with Crippen LogP contribution in [0.1, 0.15) is 40.0 Å². The van der Waals surface area contributed by atoms with Crippen LogP contribution in [0.3, 0.4) is 0 Å². The van der Waals surface area contributed by atoms with Crippen molar-refractivity contribution in [3.05, 3.63) is 70.8 Å². The highest BCUT2D eigenvalue weighted by Gasteiger charge is 2.12. The Kier molecular flexibility index (Phi) is 4.76. The van der Waals surface area contributed by atoms with Gasteiger partial charge in [0.15, 0.2) is 0 Å². The SMILES string of the molecule is Cc1ccc(C(C)N(C)Cc2ccc(C(=O)O)cc2)cc1. The molecular weight excluding hydrogens is 262 g/mol. The van der Waals surface area contributed by atoms with E-state index in [1.807, 2.05) is 12.1 Å². The number of hydrogen-bond acceptors (Lipinski definition) is 2. The summed E-state index contributed by atoms with van der Waals surface area (Å²) >= 11 is 0. The Hall–Kier alpha value is -2.13. The van der Waals surface area contributed by atoms with E-state index in [1.165, 1.54) is 11.1 Å². The Balaban J connectivity index is 2.04. The molecule has 1 atom stereocenters. The maximum atomic E-state index is 10.8. The monoisotopic (exact) mass is 283 g/mol. The maximum Gasteiger partial charge on any atom is 0.335 e. The Bertz CT molecular complexity index is 602. The van der Waals surface area contributed by atoms with Gasteiger partial charge in [0, 0.05) is 12.6 Å². The molecule has 0 radical (unpaired) electrons. The van der Waals surface area contributed by atoms with Crippen molar-refractivity contribution < 1.29 is 9.90 Å². The van der Waals surface area contributed by atoms with Crippen molar-refractivity contribution in [1.29, 1.82) is 0 Å². The third kappa shape index (κ3) is 3.92. The molecule has 3 heteroatoms. The Morgan fingerprint density at radius 3 is 2.19 bits per heavy atom. The third-order valence-electron chi connectivity index (χ3n) is 3.85. The Morgan fingerprint density at radius 1 is 1.10 bits per heavy atom. The molecule has 0 saturated carbocycles. The summed E-state index contributed by atoms with van der Waals surface area (Å²) < 4.78 is 0. The van der Waals surface area contributed by atoms with Crippen molar-refractivity contribution in [3.8, 4) is 0 Å². The van der Waals surface area contributed by atoms with Crippen molar-refractivity contribution in [2.45, 2.75) is 26.4 Å². The maximum absolute atomic E-state index is 10.8. The summed E-state index contributed by atoms with van der Waals surface area (Å²) in [6.45, 7) is 5.05. The van der Waals surface area contributed by atoms with Crippen LogP contribution in [0.4, 0.5) is 0 Å². The second-order valence-corrected chi connectivity index (χ2v) is 5.50. The number of carboxylic acid groups (broad SMARTS) is 1. The second kappa shape index (κ2) is 6.55. The number of rotatable bonds is 5. The zero-order chi connectivity index (χ0) is 15.4. The van der Waals surface area contributed by atoms with Gasteiger partial charge in [-0.1, -0.05) is 42.0 Å². The number of aryl methyl sites for hydroxylation is 1. The molecular formula is C18H21NO2. The van der Waals surface area contributed by atoms with Gasteiger partial charge in [0.2, 0.25) is 0 Å². The number of carbonyl (C=O) groups is 1. The summed E-state index contributed by atoms with van der Waals surface area (Å²) in [5.74, 6) is -0.886. The second-order valence-electron chi connectivity index (χ2n) is 5.50. The van der Waals surface area contributed by atoms with Crippen LogP contribution in [-0.4, -0.2) is 23.0 Å². The van der Waals surface area contributed by atoms with E-state index in [2.05, 4.69) is 50.1 Å². The number of nitrogens with zero attached hydrogens (tertiary/aromatic N) is 1. The first kappa shape index (κ1) is 15.3. The third-order valence-corrected chi connectivity index (χ3v) is 3.85. The van der Waals surface area contributed by atoms with Crippen molar-refractivity contribution in [1.82, 2.24) is 4.90 Å². The Labute approximate surface area is 125 Å². The molecule has 0 aromatic heterocycles. The van der Waals surface area contributed by atoms with Crippen LogP contribution < -0.4 is 0 Å². The summed E-state index contributed by atoms with van der Waals surface area (Å²) in [5.41, 5.74) is 3.98. The van der Waals surface area contributed by atoms with Crippen LogP contribution in [0.5, 0.6) is 0 Å². The van der Waals surface area contributed by atoms with E-state index in [4.69, 9.17) is 5.11 Å². The lowest BCUT2D eigenvalue weighted by Gasteiger charge is -2.25. The van der Waals surface area contributed by atoms with Crippen molar-refractivity contribution >= 4 is 5.97 Å². The van der Waals surface area contributed by atoms with Crippen LogP contribution in [0, 0.1) is 6.92 Å². The van der Waals surface area contributed by atoms with E-state index in [0.29, 0.717) is 11.6 Å². The minimum Gasteiger partial charge on any atom is -0.478 e. The number of benzene rings is 2. The van der Waals surface area contributed by atoms with Gasteiger partial charge in [-0.05, 0) is 44.2 Å². The number of hydrogen-bond donors (Lipinski definition) is 1. The van der Waals surface area contributed by atoms with Gasteiger partial charge in [-0.3, -0.25) is 4.90 Å². The highest BCUT2D eigenvalue weighted by molar-refractivity contribution is 5.87. The molecule has 110 valence electrons. The quantitative estimate of drug-likeness (QED) is 0.905. The molecule has 1 N–H and O–H groups in total. The normalized spacial score (nSPS) is 12.4. The first-order valence-electron chi connectivity index (χ1n) is 7.06. The topological polar surface area (TPSA) is 40.5 Å². The fourth-order valence-corrected chi connectivity index (χ4v) is 2.28. The van der Waals surface area contributed by atoms with Crippen molar-refractivity contribution in [3.63, 3.8) is 0 Å². The molecule has 0 spiro atoms. The lowest BCUT2D eigenvalue weighted by Crippen LogP contribution is -2.21. The minimum atomic E-state index is -0.886. The standard InChI is InChI=1S/C18H21NO2/c1-13-4-8-16(9-5-13)14(2)19(3)12-15-6-10-17(11-7-15)18(20)21/h4-11,14H,12H2,1-3H3,(H,20,21). The zero-order valence-electron chi connectivity index (χ0n) is 12.7. The zero-order valence-corrected chi connectivity index (χ0v) is 12.7. The minimum absolute atomic E-state index is 0.310. The van der Waals surface area contributed by atoms with Gasteiger partial charge in [-0.2, -0.15) is 0 Å². The molecule has 0 aliphatic rings. The average molecular weight is 283 g/mol. The van der Waals surface area contributed by atoms with Gasteiger partial charge in [0.25, 0.3) is 0 Å². The molecule has 0 fully saturated rings. The van der Waals surface area contributed by atoms with Crippen molar-refractivity contribution in [2.24, 2.45) is 0 Å². The molecule has 0 bridgehead atoms. The lowest BCUT2D eigenvalue weighted by molar-refractivity contribution is 0.0697. The molecule has 0 amide bonds. The van der Waals surface area contributed by atoms with Crippen LogP contribution >= 0.6 is 0 Å². The van der Waals surface area contributed by atoms with E-state index in [9.17, 15) is 4.79 Å². The smallest absolute Gasteiger partial charge is 0.335 e. The molecule has 0 heterocycles. The molecule has 2 aromatic rings. The molecule has 0 aliphatic heterocycles. The van der Waals surface area contributed by atoms with E-state index in [0.717, 1.165) is 12.1 Å². The van der Waals surface area contributed by atoms with E-state index in [1.54, 1.807) is 12.1 Å². The van der Waals surface area contributed by atoms with Gasteiger partial charge in [0.05, 0.1) is 5.56 Å². The fraction of sp³-hybridized carbons (Fsp3) is 0.278. The molecule has 3 nitrogen and oxygen atoms in total. The predicted octanol–water partition coefficient (Wildman–Crippen LogP) is 3.89. The molecule has 2 rings (SSSR count). The van der Waals surface area contributed by atoms with Crippen LogP contribution in [0.2, 0.25) is 0 Å². The molecule has 2 aromatic carbocycles.